The molecule has 6 nitrogen and oxygen atoms in total. The molecule has 138 valence electrons. The Balaban J connectivity index is 1.59. The third kappa shape index (κ3) is 6.47. The first-order chi connectivity index (χ1) is 12.6. The minimum atomic E-state index is -0.953. The zero-order chi connectivity index (χ0) is 18.8. The predicted molar refractivity (Wildman–Crippen MR) is 97.8 cm³/mol. The first-order valence-electron chi connectivity index (χ1n) is 8.44. The fourth-order valence-electron chi connectivity index (χ4n) is 2.32. The van der Waals surface area contributed by atoms with Gasteiger partial charge >= 0.3 is 5.97 Å². The van der Waals surface area contributed by atoms with Gasteiger partial charge in [-0.25, -0.2) is 4.79 Å². The third-order valence-electron chi connectivity index (χ3n) is 3.81. The van der Waals surface area contributed by atoms with E-state index in [-0.39, 0.29) is 11.5 Å². The van der Waals surface area contributed by atoms with Crippen molar-refractivity contribution in [2.24, 2.45) is 0 Å². The Morgan fingerprint density at radius 1 is 1.00 bits per heavy atom. The summed E-state index contributed by atoms with van der Waals surface area (Å²) in [5.74, 6) is 0.562. The van der Waals surface area contributed by atoms with Crippen LogP contribution in [0.25, 0.3) is 0 Å². The molecule has 2 aromatic rings. The van der Waals surface area contributed by atoms with Gasteiger partial charge in [-0.3, -0.25) is 4.79 Å². The highest BCUT2D eigenvalue weighted by Gasteiger charge is 2.04. The quantitative estimate of drug-likeness (QED) is 0.639. The molecule has 26 heavy (non-hydrogen) atoms. The molecule has 6 heteroatoms. The number of carbonyl (C=O) groups excluding carboxylic acids is 1. The van der Waals surface area contributed by atoms with Gasteiger partial charge in [0.15, 0.2) is 0 Å². The summed E-state index contributed by atoms with van der Waals surface area (Å²) in [4.78, 5) is 22.6. The van der Waals surface area contributed by atoms with E-state index >= 15 is 0 Å². The normalized spacial score (nSPS) is 10.2. The van der Waals surface area contributed by atoms with Gasteiger partial charge in [0.2, 0.25) is 5.91 Å². The summed E-state index contributed by atoms with van der Waals surface area (Å²) in [5.41, 5.74) is 1.18. The minimum Gasteiger partial charge on any atom is -0.497 e. The number of nitrogens with one attached hydrogen (secondary N) is 1. The van der Waals surface area contributed by atoms with Gasteiger partial charge in [-0.2, -0.15) is 0 Å². The van der Waals surface area contributed by atoms with Crippen molar-refractivity contribution in [2.45, 2.75) is 19.3 Å². The molecule has 0 aliphatic rings. The topological polar surface area (TPSA) is 84.9 Å². The molecule has 2 aromatic carbocycles. The third-order valence-corrected chi connectivity index (χ3v) is 3.81. The van der Waals surface area contributed by atoms with Gasteiger partial charge in [-0.05, 0) is 54.8 Å². The Morgan fingerprint density at radius 2 is 1.65 bits per heavy atom. The fourth-order valence-corrected chi connectivity index (χ4v) is 2.32. The maximum Gasteiger partial charge on any atom is 0.335 e. The summed E-state index contributed by atoms with van der Waals surface area (Å²) >= 11 is 0. The molecule has 2 rings (SSSR count). The average Bonchev–Trinajstić information content (AvgIpc) is 2.67. The second-order valence-corrected chi connectivity index (χ2v) is 5.73. The van der Waals surface area contributed by atoms with Gasteiger partial charge in [0, 0.05) is 13.0 Å². The number of aromatic carboxylic acids is 1. The van der Waals surface area contributed by atoms with Crippen LogP contribution in [0.15, 0.2) is 48.5 Å². The van der Waals surface area contributed by atoms with E-state index in [4.69, 9.17) is 14.6 Å². The molecule has 0 saturated carbocycles. The van der Waals surface area contributed by atoms with Crippen molar-refractivity contribution in [2.75, 3.05) is 20.3 Å². The molecule has 0 aliphatic heterocycles. The molecular weight excluding hydrogens is 334 g/mol. The van der Waals surface area contributed by atoms with Crippen LogP contribution in [0, 0.1) is 0 Å². The van der Waals surface area contributed by atoms with Crippen LogP contribution in [-0.4, -0.2) is 37.2 Å². The van der Waals surface area contributed by atoms with E-state index in [9.17, 15) is 9.59 Å². The summed E-state index contributed by atoms with van der Waals surface area (Å²) < 4.78 is 10.7. The summed E-state index contributed by atoms with van der Waals surface area (Å²) in [6.45, 7) is 1.07. The second kappa shape index (κ2) is 10.1. The van der Waals surface area contributed by atoms with E-state index in [0.717, 1.165) is 17.1 Å². The van der Waals surface area contributed by atoms with Crippen molar-refractivity contribution in [3.05, 3.63) is 59.7 Å². The molecule has 1 amide bonds. The second-order valence-electron chi connectivity index (χ2n) is 5.73. The monoisotopic (exact) mass is 357 g/mol. The number of hydrogen-bond donors (Lipinski definition) is 2. The molecule has 0 bridgehead atoms. The summed E-state index contributed by atoms with van der Waals surface area (Å²) in [5, 5.41) is 11.7. The first-order valence-corrected chi connectivity index (χ1v) is 8.44. The van der Waals surface area contributed by atoms with Crippen LogP contribution in [0.4, 0.5) is 0 Å². The number of carbonyl (C=O) groups is 2. The van der Waals surface area contributed by atoms with E-state index in [1.807, 2.05) is 24.3 Å². The standard InChI is InChI=1S/C20H23NO5/c1-25-17-8-10-18(11-9-17)26-14-2-13-21-19(22)12-5-15-3-6-16(7-4-15)20(23)24/h3-4,6-11H,2,5,12-14H2,1H3,(H,21,22)(H,23,24). The molecule has 0 unspecified atom stereocenters. The van der Waals surface area contributed by atoms with Crippen molar-refractivity contribution in [1.82, 2.24) is 5.32 Å². The maximum absolute atomic E-state index is 11.8. The largest absolute Gasteiger partial charge is 0.497 e. The molecule has 0 spiro atoms. The maximum atomic E-state index is 11.8. The minimum absolute atomic E-state index is 0.0308. The predicted octanol–water partition coefficient (Wildman–Crippen LogP) is 2.91. The molecule has 0 aromatic heterocycles. The van der Waals surface area contributed by atoms with Crippen molar-refractivity contribution >= 4 is 11.9 Å². The number of methoxy groups -OCH3 is 1. The van der Waals surface area contributed by atoms with Crippen molar-refractivity contribution < 1.29 is 24.2 Å². The number of benzene rings is 2. The van der Waals surface area contributed by atoms with Gasteiger partial charge in [-0.1, -0.05) is 12.1 Å². The number of hydrogen-bond acceptors (Lipinski definition) is 4. The SMILES string of the molecule is COc1ccc(OCCCNC(=O)CCc2ccc(C(=O)O)cc2)cc1. The summed E-state index contributed by atoms with van der Waals surface area (Å²) in [6, 6.07) is 13.9. The number of ether oxygens (including phenoxy) is 2. The van der Waals surface area contributed by atoms with Crippen molar-refractivity contribution in [1.29, 1.82) is 0 Å². The smallest absolute Gasteiger partial charge is 0.335 e. The number of carboxylic acids is 1. The number of amides is 1. The Morgan fingerprint density at radius 3 is 2.27 bits per heavy atom. The highest BCUT2D eigenvalue weighted by molar-refractivity contribution is 5.87. The molecular formula is C20H23NO5. The first kappa shape index (κ1) is 19.3. The zero-order valence-electron chi connectivity index (χ0n) is 14.7. The van der Waals surface area contributed by atoms with E-state index in [0.29, 0.717) is 32.4 Å². The lowest BCUT2D eigenvalue weighted by atomic mass is 10.1. The number of aryl methyl sites for hydroxylation is 1. The molecule has 2 N–H and O–H groups in total. The molecule has 0 atom stereocenters. The van der Waals surface area contributed by atoms with Gasteiger partial charge in [0.05, 0.1) is 19.3 Å². The van der Waals surface area contributed by atoms with Crippen molar-refractivity contribution in [3.63, 3.8) is 0 Å². The van der Waals surface area contributed by atoms with E-state index in [1.165, 1.54) is 0 Å². The Labute approximate surface area is 152 Å². The van der Waals surface area contributed by atoms with Crippen LogP contribution < -0.4 is 14.8 Å². The van der Waals surface area contributed by atoms with Crippen LogP contribution in [0.3, 0.4) is 0 Å². The Bertz CT molecular complexity index is 710. The van der Waals surface area contributed by atoms with Crippen molar-refractivity contribution in [3.8, 4) is 11.5 Å². The number of carboxylic acid groups (broad SMARTS) is 1. The molecule has 0 fully saturated rings. The van der Waals surface area contributed by atoms with E-state index < -0.39 is 5.97 Å². The highest BCUT2D eigenvalue weighted by Crippen LogP contribution is 2.16. The van der Waals surface area contributed by atoms with E-state index in [1.54, 1.807) is 31.4 Å². The van der Waals surface area contributed by atoms with Crippen LogP contribution in [0.5, 0.6) is 11.5 Å². The van der Waals surface area contributed by atoms with Gasteiger partial charge < -0.3 is 19.9 Å². The zero-order valence-corrected chi connectivity index (χ0v) is 14.7. The summed E-state index contributed by atoms with van der Waals surface area (Å²) in [6.07, 6.45) is 1.66. The van der Waals surface area contributed by atoms with Gasteiger partial charge in [0.25, 0.3) is 0 Å². The molecule has 0 saturated heterocycles. The molecule has 0 radical (unpaired) electrons. The number of rotatable bonds is 10. The van der Waals surface area contributed by atoms with Gasteiger partial charge in [0.1, 0.15) is 11.5 Å². The Hall–Kier alpha value is -3.02. The lowest BCUT2D eigenvalue weighted by molar-refractivity contribution is -0.121. The lowest BCUT2D eigenvalue weighted by Crippen LogP contribution is -2.25. The van der Waals surface area contributed by atoms with Crippen LogP contribution in [0.2, 0.25) is 0 Å². The van der Waals surface area contributed by atoms with E-state index in [2.05, 4.69) is 5.32 Å². The van der Waals surface area contributed by atoms with Crippen LogP contribution in [0.1, 0.15) is 28.8 Å². The molecule has 0 aliphatic carbocycles. The van der Waals surface area contributed by atoms with Crippen LogP contribution in [-0.2, 0) is 11.2 Å². The van der Waals surface area contributed by atoms with Crippen LogP contribution >= 0.6 is 0 Å². The fraction of sp³-hybridized carbons (Fsp3) is 0.300. The summed E-state index contributed by atoms with van der Waals surface area (Å²) in [7, 11) is 1.61. The van der Waals surface area contributed by atoms with Gasteiger partial charge in [-0.15, -0.1) is 0 Å². The molecule has 0 heterocycles. The average molecular weight is 357 g/mol. The Kier molecular flexibility index (Phi) is 7.49. The highest BCUT2D eigenvalue weighted by atomic mass is 16.5. The lowest BCUT2D eigenvalue weighted by Gasteiger charge is -2.08.